The minimum atomic E-state index is 0.277. The molecule has 1 aromatic rings. The zero-order valence-electron chi connectivity index (χ0n) is 10.6. The molecule has 0 radical (unpaired) electrons. The van der Waals surface area contributed by atoms with E-state index >= 15 is 0 Å². The number of carbonyl (C=O) groups is 1. The van der Waals surface area contributed by atoms with Gasteiger partial charge in [-0.05, 0) is 49.9 Å². The molecule has 16 heavy (non-hydrogen) atoms. The van der Waals surface area contributed by atoms with Gasteiger partial charge in [0.25, 0.3) is 0 Å². The van der Waals surface area contributed by atoms with Crippen LogP contribution in [-0.4, -0.2) is 30.3 Å². The second-order valence-corrected chi connectivity index (χ2v) is 4.83. The topological polar surface area (TPSA) is 20.1 Å². The standard InChI is InChI=1S/C14H19NO/c1-9-7-10(2)12(4)14(11(9)3)13(16)8-15-5-6-15/h7H,5-6,8H2,1-4H3. The molecule has 1 aliphatic rings. The molecule has 0 amide bonds. The van der Waals surface area contributed by atoms with Gasteiger partial charge in [0.1, 0.15) is 0 Å². The van der Waals surface area contributed by atoms with Crippen LogP contribution >= 0.6 is 0 Å². The number of benzene rings is 1. The Balaban J connectivity index is 2.40. The molecule has 1 aliphatic heterocycles. The average Bonchev–Trinajstić information content (AvgIpc) is 2.99. The van der Waals surface area contributed by atoms with Crippen LogP contribution in [0.5, 0.6) is 0 Å². The zero-order chi connectivity index (χ0) is 11.9. The maximum Gasteiger partial charge on any atom is 0.177 e. The third-order valence-electron chi connectivity index (χ3n) is 3.55. The van der Waals surface area contributed by atoms with Crippen molar-refractivity contribution in [3.05, 3.63) is 33.9 Å². The number of hydrogen-bond donors (Lipinski definition) is 0. The molecule has 1 saturated heterocycles. The van der Waals surface area contributed by atoms with E-state index in [1.165, 1.54) is 11.1 Å². The van der Waals surface area contributed by atoms with E-state index in [0.29, 0.717) is 6.54 Å². The first kappa shape index (κ1) is 11.3. The van der Waals surface area contributed by atoms with Crippen molar-refractivity contribution < 1.29 is 4.79 Å². The summed E-state index contributed by atoms with van der Waals surface area (Å²) in [6.45, 7) is 11.0. The third kappa shape index (κ3) is 2.03. The Morgan fingerprint density at radius 3 is 2.06 bits per heavy atom. The highest BCUT2D eigenvalue weighted by Gasteiger charge is 2.23. The normalized spacial score (nSPS) is 15.2. The van der Waals surface area contributed by atoms with Crippen LogP contribution in [0.1, 0.15) is 32.6 Å². The van der Waals surface area contributed by atoms with Gasteiger partial charge < -0.3 is 0 Å². The van der Waals surface area contributed by atoms with Gasteiger partial charge in [-0.2, -0.15) is 0 Å². The number of hydrogen-bond acceptors (Lipinski definition) is 2. The molecule has 0 unspecified atom stereocenters. The van der Waals surface area contributed by atoms with Crippen molar-refractivity contribution in [3.8, 4) is 0 Å². The molecule has 0 saturated carbocycles. The fourth-order valence-corrected chi connectivity index (χ4v) is 2.15. The van der Waals surface area contributed by atoms with Gasteiger partial charge in [-0.3, -0.25) is 9.69 Å². The molecule has 0 spiro atoms. The van der Waals surface area contributed by atoms with Crippen LogP contribution in [0.3, 0.4) is 0 Å². The Morgan fingerprint density at radius 2 is 1.62 bits per heavy atom. The van der Waals surface area contributed by atoms with Crippen LogP contribution in [-0.2, 0) is 0 Å². The molecule has 2 rings (SSSR count). The second kappa shape index (κ2) is 4.02. The van der Waals surface area contributed by atoms with Crippen LogP contribution in [0.15, 0.2) is 6.07 Å². The molecule has 2 heteroatoms. The molecule has 0 atom stereocenters. The van der Waals surface area contributed by atoms with Crippen LogP contribution in [0.2, 0.25) is 0 Å². The van der Waals surface area contributed by atoms with Crippen LogP contribution in [0.4, 0.5) is 0 Å². The highest BCUT2D eigenvalue weighted by molar-refractivity contribution is 6.01. The molecule has 1 heterocycles. The summed E-state index contributed by atoms with van der Waals surface area (Å²) < 4.78 is 0. The Labute approximate surface area is 97.3 Å². The van der Waals surface area contributed by atoms with Crippen molar-refractivity contribution in [1.29, 1.82) is 0 Å². The molecular formula is C14H19NO. The summed E-state index contributed by atoms with van der Waals surface area (Å²) in [4.78, 5) is 14.4. The van der Waals surface area contributed by atoms with Gasteiger partial charge >= 0.3 is 0 Å². The van der Waals surface area contributed by atoms with Gasteiger partial charge in [0.15, 0.2) is 5.78 Å². The van der Waals surface area contributed by atoms with Gasteiger partial charge in [0, 0.05) is 18.7 Å². The summed E-state index contributed by atoms with van der Waals surface area (Å²) in [7, 11) is 0. The Bertz CT molecular complexity index is 418. The molecule has 2 nitrogen and oxygen atoms in total. The Kier molecular flexibility index (Phi) is 2.85. The van der Waals surface area contributed by atoms with E-state index < -0.39 is 0 Å². The van der Waals surface area contributed by atoms with Crippen molar-refractivity contribution in [2.45, 2.75) is 27.7 Å². The molecule has 86 valence electrons. The van der Waals surface area contributed by atoms with Crippen molar-refractivity contribution in [3.63, 3.8) is 0 Å². The maximum atomic E-state index is 12.2. The number of aryl methyl sites for hydroxylation is 2. The lowest BCUT2D eigenvalue weighted by Crippen LogP contribution is -2.16. The van der Waals surface area contributed by atoms with E-state index in [1.807, 2.05) is 0 Å². The molecule has 0 aliphatic carbocycles. The molecule has 0 N–H and O–H groups in total. The third-order valence-corrected chi connectivity index (χ3v) is 3.55. The quantitative estimate of drug-likeness (QED) is 0.572. The smallest absolute Gasteiger partial charge is 0.177 e. The van der Waals surface area contributed by atoms with Crippen LogP contribution in [0.25, 0.3) is 0 Å². The van der Waals surface area contributed by atoms with E-state index in [0.717, 1.165) is 29.8 Å². The van der Waals surface area contributed by atoms with E-state index in [1.54, 1.807) is 0 Å². The zero-order valence-corrected chi connectivity index (χ0v) is 10.6. The van der Waals surface area contributed by atoms with Crippen molar-refractivity contribution in [2.24, 2.45) is 0 Å². The predicted octanol–water partition coefficient (Wildman–Crippen LogP) is 2.42. The first-order chi connectivity index (χ1) is 7.50. The number of Topliss-reactive ketones (excluding diaryl/α,β-unsaturated/α-hetero) is 1. The highest BCUT2D eigenvalue weighted by atomic mass is 16.1. The van der Waals surface area contributed by atoms with Crippen LogP contribution < -0.4 is 0 Å². The SMILES string of the molecule is Cc1cc(C)c(C)c(C(=O)CN2CC2)c1C. The molecular weight excluding hydrogens is 198 g/mol. The largest absolute Gasteiger partial charge is 0.293 e. The summed E-state index contributed by atoms with van der Waals surface area (Å²) in [6.07, 6.45) is 0. The average molecular weight is 217 g/mol. The maximum absolute atomic E-state index is 12.2. The van der Waals surface area contributed by atoms with E-state index in [4.69, 9.17) is 0 Å². The molecule has 0 bridgehead atoms. The lowest BCUT2D eigenvalue weighted by molar-refractivity contribution is 0.0973. The van der Waals surface area contributed by atoms with Gasteiger partial charge in [-0.25, -0.2) is 0 Å². The van der Waals surface area contributed by atoms with Crippen molar-refractivity contribution in [2.75, 3.05) is 19.6 Å². The van der Waals surface area contributed by atoms with Gasteiger partial charge in [-0.15, -0.1) is 0 Å². The summed E-state index contributed by atoms with van der Waals surface area (Å²) >= 11 is 0. The van der Waals surface area contributed by atoms with E-state index in [2.05, 4.69) is 38.7 Å². The Hall–Kier alpha value is -1.15. The Morgan fingerprint density at radius 1 is 1.12 bits per heavy atom. The first-order valence-electron chi connectivity index (χ1n) is 5.83. The molecule has 1 aromatic carbocycles. The highest BCUT2D eigenvalue weighted by Crippen LogP contribution is 2.22. The van der Waals surface area contributed by atoms with Crippen molar-refractivity contribution in [1.82, 2.24) is 4.90 Å². The first-order valence-corrected chi connectivity index (χ1v) is 5.83. The lowest BCUT2D eigenvalue weighted by Gasteiger charge is -2.14. The fraction of sp³-hybridized carbons (Fsp3) is 0.500. The second-order valence-electron chi connectivity index (χ2n) is 4.83. The molecule has 1 fully saturated rings. The summed E-state index contributed by atoms with van der Waals surface area (Å²) in [5.74, 6) is 0.277. The lowest BCUT2D eigenvalue weighted by atomic mass is 9.92. The minimum absolute atomic E-state index is 0.277. The molecule has 0 aromatic heterocycles. The number of nitrogens with zero attached hydrogens (tertiary/aromatic N) is 1. The van der Waals surface area contributed by atoms with E-state index in [9.17, 15) is 4.79 Å². The monoisotopic (exact) mass is 217 g/mol. The van der Waals surface area contributed by atoms with Crippen LogP contribution in [0, 0.1) is 27.7 Å². The number of ketones is 1. The minimum Gasteiger partial charge on any atom is -0.293 e. The summed E-state index contributed by atoms with van der Waals surface area (Å²) in [6, 6.07) is 2.17. The number of carbonyl (C=O) groups excluding carboxylic acids is 1. The number of rotatable bonds is 3. The van der Waals surface area contributed by atoms with Gasteiger partial charge in [0.2, 0.25) is 0 Å². The van der Waals surface area contributed by atoms with E-state index in [-0.39, 0.29) is 5.78 Å². The van der Waals surface area contributed by atoms with Crippen molar-refractivity contribution >= 4 is 5.78 Å². The fourth-order valence-electron chi connectivity index (χ4n) is 2.15. The predicted molar refractivity (Wildman–Crippen MR) is 66.2 cm³/mol. The van der Waals surface area contributed by atoms with Gasteiger partial charge in [0.05, 0.1) is 6.54 Å². The summed E-state index contributed by atoms with van der Waals surface area (Å²) in [5, 5.41) is 0. The summed E-state index contributed by atoms with van der Waals surface area (Å²) in [5.41, 5.74) is 5.68. The van der Waals surface area contributed by atoms with Gasteiger partial charge in [-0.1, -0.05) is 6.07 Å².